The van der Waals surface area contributed by atoms with Crippen molar-refractivity contribution in [3.8, 4) is 22.9 Å². The van der Waals surface area contributed by atoms with Crippen molar-refractivity contribution in [1.29, 1.82) is 0 Å². The summed E-state index contributed by atoms with van der Waals surface area (Å²) in [5.41, 5.74) is 0.689. The number of aromatic nitrogens is 3. The number of carbonyl (C=O) groups is 1. The molecule has 0 bridgehead atoms. The van der Waals surface area contributed by atoms with Gasteiger partial charge in [0.1, 0.15) is 11.6 Å². The Morgan fingerprint density at radius 3 is 2.50 bits per heavy atom. The van der Waals surface area contributed by atoms with Crippen molar-refractivity contribution in [2.45, 2.75) is 19.5 Å². The smallest absolute Gasteiger partial charge is 0.416 e. The second-order valence-corrected chi connectivity index (χ2v) is 10.1. The molecule has 0 saturated heterocycles. The van der Waals surface area contributed by atoms with Gasteiger partial charge in [0.25, 0.3) is 5.91 Å². The van der Waals surface area contributed by atoms with Gasteiger partial charge >= 0.3 is 6.18 Å². The van der Waals surface area contributed by atoms with Gasteiger partial charge in [0.15, 0.2) is 0 Å². The number of hydrogen-bond acceptors (Lipinski definition) is 7. The lowest BCUT2D eigenvalue weighted by atomic mass is 10.1. The van der Waals surface area contributed by atoms with E-state index in [-0.39, 0.29) is 22.2 Å². The highest BCUT2D eigenvalue weighted by Gasteiger charge is 2.32. The minimum Gasteiger partial charge on any atom is -0.438 e. The average molecular weight is 599 g/mol. The number of likely N-dealkylation sites (N-methyl/N-ethyl adjacent to an activating group) is 2. The zero-order valence-electron chi connectivity index (χ0n) is 23.5. The zero-order chi connectivity index (χ0) is 30.4. The third-order valence-corrected chi connectivity index (χ3v) is 6.66. The Labute approximate surface area is 247 Å². The first-order valence-corrected chi connectivity index (χ1v) is 13.5. The average Bonchev–Trinajstić information content (AvgIpc) is 2.97. The van der Waals surface area contributed by atoms with Crippen LogP contribution < -0.4 is 15.0 Å². The lowest BCUT2D eigenvalue weighted by molar-refractivity contribution is -0.137. The number of nitrogens with zero attached hydrogens (tertiary/aromatic N) is 5. The van der Waals surface area contributed by atoms with Crippen molar-refractivity contribution < 1.29 is 22.7 Å². The normalized spacial score (nSPS) is 11.5. The number of alkyl halides is 3. The van der Waals surface area contributed by atoms with Crippen molar-refractivity contribution >= 4 is 28.9 Å². The Hall–Kier alpha value is -4.22. The number of pyridine rings is 1. The van der Waals surface area contributed by atoms with Crippen LogP contribution in [0, 0.1) is 0 Å². The van der Waals surface area contributed by atoms with Crippen LogP contribution in [0.2, 0.25) is 5.02 Å². The molecule has 0 atom stereocenters. The van der Waals surface area contributed by atoms with Crippen LogP contribution in [0.3, 0.4) is 0 Å². The van der Waals surface area contributed by atoms with Crippen LogP contribution in [-0.2, 0) is 12.6 Å². The van der Waals surface area contributed by atoms with E-state index in [9.17, 15) is 18.0 Å². The maximum Gasteiger partial charge on any atom is 0.416 e. The fourth-order valence-corrected chi connectivity index (χ4v) is 4.21. The van der Waals surface area contributed by atoms with Gasteiger partial charge in [-0.15, -0.1) is 0 Å². The molecular formula is C30H30ClF3N6O2. The van der Waals surface area contributed by atoms with E-state index in [0.29, 0.717) is 48.0 Å². The van der Waals surface area contributed by atoms with Crippen molar-refractivity contribution in [3.05, 3.63) is 89.0 Å². The zero-order valence-corrected chi connectivity index (χ0v) is 24.3. The molecular weight excluding hydrogens is 569 g/mol. The molecule has 0 aliphatic rings. The SMILES string of the molecule is CCc1nccc(-c2cccnc2Oc2ccc(Cl)c(NC(=O)c3cc(C(F)(F)F)ccc3N(C)CCN(C)C)c2)n1. The molecule has 2 aromatic carbocycles. The van der Waals surface area contributed by atoms with Gasteiger partial charge in [-0.05, 0) is 62.6 Å². The standard InChI is InChI=1S/C30H30ClF3N6O2/c1-5-27-35-14-12-24(37-27)21-7-6-13-36-29(21)42-20-9-10-23(31)25(18-20)38-28(41)22-17-19(30(32,33)34)8-11-26(22)40(4)16-15-39(2)3/h6-14,17-18H,5,15-16H2,1-4H3,(H,38,41). The first-order chi connectivity index (χ1) is 20.0. The number of halogens is 4. The lowest BCUT2D eigenvalue weighted by Gasteiger charge is -2.25. The van der Waals surface area contributed by atoms with Crippen LogP contribution in [0.5, 0.6) is 11.6 Å². The van der Waals surface area contributed by atoms with E-state index < -0.39 is 17.6 Å². The van der Waals surface area contributed by atoms with Crippen LogP contribution >= 0.6 is 11.6 Å². The Balaban J connectivity index is 1.64. The minimum atomic E-state index is -4.62. The number of anilines is 2. The van der Waals surface area contributed by atoms with Crippen molar-refractivity contribution in [2.24, 2.45) is 0 Å². The van der Waals surface area contributed by atoms with Gasteiger partial charge in [0.2, 0.25) is 5.88 Å². The maximum absolute atomic E-state index is 13.6. The molecule has 42 heavy (non-hydrogen) atoms. The third kappa shape index (κ3) is 7.54. The largest absolute Gasteiger partial charge is 0.438 e. The predicted octanol–water partition coefficient (Wildman–Crippen LogP) is 6.82. The fraction of sp³-hybridized carbons (Fsp3) is 0.267. The van der Waals surface area contributed by atoms with E-state index in [2.05, 4.69) is 20.3 Å². The molecule has 0 aliphatic carbocycles. The molecule has 12 heteroatoms. The molecule has 1 N–H and O–H groups in total. The maximum atomic E-state index is 13.6. The molecule has 0 saturated carbocycles. The third-order valence-electron chi connectivity index (χ3n) is 6.33. The molecule has 0 aliphatic heterocycles. The Morgan fingerprint density at radius 1 is 1.00 bits per heavy atom. The first-order valence-electron chi connectivity index (χ1n) is 13.1. The summed E-state index contributed by atoms with van der Waals surface area (Å²) in [7, 11) is 5.49. The number of carbonyl (C=O) groups excluding carboxylic acids is 1. The molecule has 220 valence electrons. The monoisotopic (exact) mass is 598 g/mol. The summed E-state index contributed by atoms with van der Waals surface area (Å²) >= 11 is 6.38. The highest BCUT2D eigenvalue weighted by Crippen LogP contribution is 2.36. The summed E-state index contributed by atoms with van der Waals surface area (Å²) in [6, 6.07) is 13.0. The van der Waals surface area contributed by atoms with Gasteiger partial charge < -0.3 is 19.9 Å². The van der Waals surface area contributed by atoms with Crippen molar-refractivity contribution in [1.82, 2.24) is 19.9 Å². The molecule has 0 fully saturated rings. The van der Waals surface area contributed by atoms with E-state index >= 15 is 0 Å². The van der Waals surface area contributed by atoms with Crippen LogP contribution in [0.15, 0.2) is 67.0 Å². The number of nitrogens with one attached hydrogen (secondary N) is 1. The Kier molecular flexibility index (Phi) is 9.64. The Bertz CT molecular complexity index is 1560. The summed E-state index contributed by atoms with van der Waals surface area (Å²) in [6.07, 6.45) is -0.734. The van der Waals surface area contributed by atoms with Gasteiger partial charge in [0.05, 0.1) is 33.1 Å². The summed E-state index contributed by atoms with van der Waals surface area (Å²) < 4.78 is 46.7. The van der Waals surface area contributed by atoms with Crippen molar-refractivity contribution in [3.63, 3.8) is 0 Å². The number of benzene rings is 2. The molecule has 2 aromatic heterocycles. The minimum absolute atomic E-state index is 0.143. The molecule has 0 spiro atoms. The van der Waals surface area contributed by atoms with E-state index in [1.54, 1.807) is 42.5 Å². The van der Waals surface area contributed by atoms with Gasteiger partial charge in [-0.3, -0.25) is 4.79 Å². The van der Waals surface area contributed by atoms with Crippen LogP contribution in [-0.4, -0.2) is 60.0 Å². The number of hydrogen-bond donors (Lipinski definition) is 1. The van der Waals surface area contributed by atoms with Crippen molar-refractivity contribution in [2.75, 3.05) is 44.4 Å². The number of aryl methyl sites for hydroxylation is 1. The number of ether oxygens (including phenoxy) is 1. The molecule has 0 radical (unpaired) electrons. The quantitative estimate of drug-likeness (QED) is 0.215. The summed E-state index contributed by atoms with van der Waals surface area (Å²) in [5.74, 6) is 0.478. The second kappa shape index (κ2) is 13.2. The van der Waals surface area contributed by atoms with Gasteiger partial charge in [-0.1, -0.05) is 18.5 Å². The molecule has 4 aromatic rings. The van der Waals surface area contributed by atoms with Crippen LogP contribution in [0.1, 0.15) is 28.7 Å². The molecule has 4 rings (SSSR count). The van der Waals surface area contributed by atoms with Gasteiger partial charge in [0, 0.05) is 50.7 Å². The number of amides is 1. The van der Waals surface area contributed by atoms with E-state index in [1.165, 1.54) is 18.2 Å². The van der Waals surface area contributed by atoms with Gasteiger partial charge in [-0.25, -0.2) is 15.0 Å². The summed E-state index contributed by atoms with van der Waals surface area (Å²) in [6.45, 7) is 3.07. The molecule has 8 nitrogen and oxygen atoms in total. The van der Waals surface area contributed by atoms with E-state index in [0.717, 1.165) is 12.1 Å². The second-order valence-electron chi connectivity index (χ2n) is 9.72. The summed E-state index contributed by atoms with van der Waals surface area (Å²) in [4.78, 5) is 30.2. The van der Waals surface area contributed by atoms with Gasteiger partial charge in [-0.2, -0.15) is 13.2 Å². The molecule has 2 heterocycles. The van der Waals surface area contributed by atoms with Crippen LogP contribution in [0.4, 0.5) is 24.5 Å². The Morgan fingerprint density at radius 2 is 1.79 bits per heavy atom. The predicted molar refractivity (Wildman–Crippen MR) is 157 cm³/mol. The fourth-order valence-electron chi connectivity index (χ4n) is 4.05. The molecule has 1 amide bonds. The van der Waals surface area contributed by atoms with E-state index in [4.69, 9.17) is 16.3 Å². The van der Waals surface area contributed by atoms with Crippen LogP contribution in [0.25, 0.3) is 11.3 Å². The topological polar surface area (TPSA) is 83.5 Å². The highest BCUT2D eigenvalue weighted by atomic mass is 35.5. The summed E-state index contributed by atoms with van der Waals surface area (Å²) in [5, 5.41) is 2.83. The highest BCUT2D eigenvalue weighted by molar-refractivity contribution is 6.34. The number of rotatable bonds is 10. The first kappa shape index (κ1) is 30.7. The lowest BCUT2D eigenvalue weighted by Crippen LogP contribution is -2.30. The molecule has 0 unspecified atom stereocenters. The van der Waals surface area contributed by atoms with E-state index in [1.807, 2.05) is 32.0 Å².